The minimum absolute atomic E-state index is 0.162. The molecule has 1 aromatic carbocycles. The van der Waals surface area contributed by atoms with Crippen LogP contribution in [0.2, 0.25) is 0 Å². The number of carbonyl (C=O) groups excluding carboxylic acids is 1. The van der Waals surface area contributed by atoms with Crippen molar-refractivity contribution in [3.63, 3.8) is 0 Å². The molecule has 0 aromatic heterocycles. The summed E-state index contributed by atoms with van der Waals surface area (Å²) in [5.74, 6) is 0.162. The van der Waals surface area contributed by atoms with Crippen molar-refractivity contribution in [1.82, 2.24) is 14.7 Å². The molecule has 2 unspecified atom stereocenters. The molecular weight excluding hydrogens is 402 g/mol. The first-order valence-electron chi connectivity index (χ1n) is 12.6. The Morgan fingerprint density at radius 3 is 2.31 bits per heavy atom. The molecule has 1 amide bonds. The van der Waals surface area contributed by atoms with Gasteiger partial charge in [0.1, 0.15) is 0 Å². The smallest absolute Gasteiger partial charge is 0.253 e. The molecule has 0 saturated carbocycles. The van der Waals surface area contributed by atoms with Gasteiger partial charge in [-0.3, -0.25) is 14.6 Å². The number of ether oxygens (including phenoxy) is 2. The van der Waals surface area contributed by atoms with E-state index in [1.807, 2.05) is 12.1 Å². The fourth-order valence-electron chi connectivity index (χ4n) is 4.74. The van der Waals surface area contributed by atoms with Gasteiger partial charge < -0.3 is 14.4 Å². The lowest BCUT2D eigenvalue weighted by atomic mass is 10.1. The Bertz CT molecular complexity index is 665. The molecule has 2 fully saturated rings. The van der Waals surface area contributed by atoms with E-state index in [9.17, 15) is 4.79 Å². The standard InChI is InChI=1S/C26H43N3O3/c1-4-5-6-7-12-29(14-13-27-15-17-31-18-16-27)26(30)25-10-8-24(9-11-25)21-28-19-22(2)32-23(3)20-28/h8-11,22-23H,4-7,12-21H2,1-3H3. The maximum Gasteiger partial charge on any atom is 0.253 e. The van der Waals surface area contributed by atoms with Gasteiger partial charge in [-0.2, -0.15) is 0 Å². The van der Waals surface area contributed by atoms with Gasteiger partial charge in [0, 0.05) is 57.9 Å². The third kappa shape index (κ3) is 8.14. The molecule has 1 aromatic rings. The summed E-state index contributed by atoms with van der Waals surface area (Å²) in [6.45, 7) is 15.4. The molecular formula is C26H43N3O3. The summed E-state index contributed by atoms with van der Waals surface area (Å²) in [5, 5.41) is 0. The molecule has 0 bridgehead atoms. The van der Waals surface area contributed by atoms with E-state index in [4.69, 9.17) is 9.47 Å². The average Bonchev–Trinajstić information content (AvgIpc) is 2.79. The highest BCUT2D eigenvalue weighted by atomic mass is 16.5. The third-order valence-corrected chi connectivity index (χ3v) is 6.46. The molecule has 6 heteroatoms. The highest BCUT2D eigenvalue weighted by molar-refractivity contribution is 5.94. The molecule has 0 spiro atoms. The Kier molecular flexibility index (Phi) is 10.4. The number of hydrogen-bond acceptors (Lipinski definition) is 5. The van der Waals surface area contributed by atoms with Crippen molar-refractivity contribution < 1.29 is 14.3 Å². The molecule has 6 nitrogen and oxygen atoms in total. The molecule has 32 heavy (non-hydrogen) atoms. The van der Waals surface area contributed by atoms with E-state index in [0.717, 1.165) is 77.6 Å². The monoisotopic (exact) mass is 445 g/mol. The Labute approximate surface area is 194 Å². The number of rotatable bonds is 11. The molecule has 2 atom stereocenters. The summed E-state index contributed by atoms with van der Waals surface area (Å²) in [6.07, 6.45) is 5.25. The number of unbranched alkanes of at least 4 members (excludes halogenated alkanes) is 3. The quantitative estimate of drug-likeness (QED) is 0.487. The minimum Gasteiger partial charge on any atom is -0.379 e. The predicted molar refractivity (Wildman–Crippen MR) is 129 cm³/mol. The van der Waals surface area contributed by atoms with E-state index in [2.05, 4.69) is 47.6 Å². The van der Waals surface area contributed by atoms with Gasteiger partial charge in [-0.1, -0.05) is 38.3 Å². The van der Waals surface area contributed by atoms with Crippen LogP contribution in [0.4, 0.5) is 0 Å². The Hall–Kier alpha value is -1.47. The molecule has 2 aliphatic rings. The lowest BCUT2D eigenvalue weighted by Gasteiger charge is -2.35. The zero-order chi connectivity index (χ0) is 22.8. The second-order valence-electron chi connectivity index (χ2n) is 9.46. The fourth-order valence-corrected chi connectivity index (χ4v) is 4.74. The van der Waals surface area contributed by atoms with Crippen LogP contribution in [-0.2, 0) is 16.0 Å². The number of carbonyl (C=O) groups is 1. The van der Waals surface area contributed by atoms with Crippen molar-refractivity contribution in [3.05, 3.63) is 35.4 Å². The minimum atomic E-state index is 0.162. The molecule has 3 rings (SSSR count). The molecule has 2 saturated heterocycles. The van der Waals surface area contributed by atoms with Crippen LogP contribution in [-0.4, -0.2) is 91.8 Å². The van der Waals surface area contributed by atoms with Gasteiger partial charge >= 0.3 is 0 Å². The van der Waals surface area contributed by atoms with Crippen molar-refractivity contribution in [2.45, 2.75) is 65.2 Å². The summed E-state index contributed by atoms with van der Waals surface area (Å²) in [6, 6.07) is 8.27. The second-order valence-corrected chi connectivity index (χ2v) is 9.46. The zero-order valence-electron chi connectivity index (χ0n) is 20.4. The van der Waals surface area contributed by atoms with Crippen LogP contribution < -0.4 is 0 Å². The largest absolute Gasteiger partial charge is 0.379 e. The molecule has 2 heterocycles. The van der Waals surface area contributed by atoms with Crippen LogP contribution in [0.3, 0.4) is 0 Å². The normalized spacial score (nSPS) is 22.7. The van der Waals surface area contributed by atoms with Crippen molar-refractivity contribution in [2.24, 2.45) is 0 Å². The summed E-state index contributed by atoms with van der Waals surface area (Å²) in [5.41, 5.74) is 2.06. The summed E-state index contributed by atoms with van der Waals surface area (Å²) in [7, 11) is 0. The van der Waals surface area contributed by atoms with E-state index in [1.54, 1.807) is 0 Å². The zero-order valence-corrected chi connectivity index (χ0v) is 20.4. The number of hydrogen-bond donors (Lipinski definition) is 0. The number of morpholine rings is 2. The molecule has 0 aliphatic carbocycles. The SMILES string of the molecule is CCCCCCN(CCN1CCOCC1)C(=O)c1ccc(CN2CC(C)OC(C)C2)cc1. The van der Waals surface area contributed by atoms with Gasteiger partial charge in [0.15, 0.2) is 0 Å². The van der Waals surface area contributed by atoms with Crippen LogP contribution in [0.15, 0.2) is 24.3 Å². The van der Waals surface area contributed by atoms with Crippen molar-refractivity contribution in [3.8, 4) is 0 Å². The van der Waals surface area contributed by atoms with Crippen molar-refractivity contribution in [2.75, 3.05) is 59.0 Å². The van der Waals surface area contributed by atoms with E-state index in [1.165, 1.54) is 24.8 Å². The van der Waals surface area contributed by atoms with Gasteiger partial charge in [-0.15, -0.1) is 0 Å². The van der Waals surface area contributed by atoms with Crippen LogP contribution in [0.1, 0.15) is 62.4 Å². The van der Waals surface area contributed by atoms with Gasteiger partial charge in [-0.05, 0) is 38.0 Å². The van der Waals surface area contributed by atoms with Gasteiger partial charge in [0.2, 0.25) is 0 Å². The predicted octanol–water partition coefficient (Wildman–Crippen LogP) is 3.65. The first-order chi connectivity index (χ1) is 15.5. The first-order valence-corrected chi connectivity index (χ1v) is 12.6. The summed E-state index contributed by atoms with van der Waals surface area (Å²) >= 11 is 0. The third-order valence-electron chi connectivity index (χ3n) is 6.46. The van der Waals surface area contributed by atoms with E-state index in [0.29, 0.717) is 0 Å². The lowest BCUT2D eigenvalue weighted by molar-refractivity contribution is -0.0704. The fraction of sp³-hybridized carbons (Fsp3) is 0.731. The lowest BCUT2D eigenvalue weighted by Crippen LogP contribution is -2.44. The maximum absolute atomic E-state index is 13.3. The van der Waals surface area contributed by atoms with Crippen molar-refractivity contribution >= 4 is 5.91 Å². The molecule has 0 N–H and O–H groups in total. The summed E-state index contributed by atoms with van der Waals surface area (Å²) < 4.78 is 11.3. The van der Waals surface area contributed by atoms with Crippen LogP contribution >= 0.6 is 0 Å². The highest BCUT2D eigenvalue weighted by Crippen LogP contribution is 2.16. The number of benzene rings is 1. The van der Waals surface area contributed by atoms with Crippen LogP contribution in [0.25, 0.3) is 0 Å². The average molecular weight is 446 g/mol. The van der Waals surface area contributed by atoms with Gasteiger partial charge in [0.05, 0.1) is 25.4 Å². The highest BCUT2D eigenvalue weighted by Gasteiger charge is 2.22. The Morgan fingerprint density at radius 2 is 1.66 bits per heavy atom. The Morgan fingerprint density at radius 1 is 0.969 bits per heavy atom. The van der Waals surface area contributed by atoms with Gasteiger partial charge in [-0.25, -0.2) is 0 Å². The topological polar surface area (TPSA) is 45.2 Å². The van der Waals surface area contributed by atoms with Crippen LogP contribution in [0, 0.1) is 0 Å². The second kappa shape index (κ2) is 13.3. The molecule has 2 aliphatic heterocycles. The van der Waals surface area contributed by atoms with Crippen LogP contribution in [0.5, 0.6) is 0 Å². The van der Waals surface area contributed by atoms with E-state index in [-0.39, 0.29) is 18.1 Å². The molecule has 180 valence electrons. The summed E-state index contributed by atoms with van der Waals surface area (Å²) in [4.78, 5) is 20.2. The molecule has 0 radical (unpaired) electrons. The van der Waals surface area contributed by atoms with Crippen molar-refractivity contribution in [1.29, 1.82) is 0 Å². The van der Waals surface area contributed by atoms with Gasteiger partial charge in [0.25, 0.3) is 5.91 Å². The first kappa shape index (κ1) is 25.2. The number of nitrogens with zero attached hydrogens (tertiary/aromatic N) is 3. The van der Waals surface area contributed by atoms with E-state index >= 15 is 0 Å². The number of amides is 1. The maximum atomic E-state index is 13.3. The van der Waals surface area contributed by atoms with E-state index < -0.39 is 0 Å². The Balaban J connectivity index is 1.56.